The van der Waals surface area contributed by atoms with Crippen molar-refractivity contribution >= 4 is 46.2 Å². The second-order valence-corrected chi connectivity index (χ2v) is 14.2. The lowest BCUT2D eigenvalue weighted by molar-refractivity contribution is -0.137. The molecular formula is C28H35ClF3N5O4S. The molecule has 0 N–H and O–H groups in total. The highest BCUT2D eigenvalue weighted by Crippen LogP contribution is 2.48. The molecule has 5 heterocycles. The summed E-state index contributed by atoms with van der Waals surface area (Å²) in [7, 11) is 0. The van der Waals surface area contributed by atoms with Gasteiger partial charge in [0.05, 0.1) is 51.8 Å². The van der Waals surface area contributed by atoms with Gasteiger partial charge in [0.1, 0.15) is 11.4 Å². The summed E-state index contributed by atoms with van der Waals surface area (Å²) in [5.74, 6) is 0.577. The fourth-order valence-electron chi connectivity index (χ4n) is 6.78. The summed E-state index contributed by atoms with van der Waals surface area (Å²) in [6.45, 7) is 11.6. The molecule has 42 heavy (non-hydrogen) atoms. The van der Waals surface area contributed by atoms with Gasteiger partial charge in [-0.25, -0.2) is 9.59 Å². The number of halogens is 4. The fraction of sp³-hybridized carbons (Fsp3) is 0.679. The van der Waals surface area contributed by atoms with Crippen molar-refractivity contribution in [2.24, 2.45) is 0 Å². The van der Waals surface area contributed by atoms with Crippen molar-refractivity contribution in [3.05, 3.63) is 27.1 Å². The number of fused-ring (bicyclic) bond motifs is 2. The second kappa shape index (κ2) is 10.4. The number of amides is 1. The predicted octanol–water partition coefficient (Wildman–Crippen LogP) is 5.02. The maximum atomic E-state index is 14.2. The maximum absolute atomic E-state index is 14.2. The van der Waals surface area contributed by atoms with E-state index in [2.05, 4.69) is 9.88 Å². The van der Waals surface area contributed by atoms with Crippen LogP contribution in [0.1, 0.15) is 52.6 Å². The first-order valence-electron chi connectivity index (χ1n) is 14.2. The standard InChI is InChI=1S/C28H35ClF3N5O4S/c1-14-8-35(9-15(2)36(14)26(39)41-27(3,4)5)24-19-7-20(28(30,31)32)21(29)23-22(19)37(25(38)33-24)17(13-42-23)10-34-11-18-6-16(34)12-40-18/h7,14-18H,6,8-13H2,1-5H3/t14-,15+,16-,17-,18-/m0/s1. The Morgan fingerprint density at radius 2 is 1.88 bits per heavy atom. The van der Waals surface area contributed by atoms with Gasteiger partial charge in [-0.2, -0.15) is 18.2 Å². The van der Waals surface area contributed by atoms with Crippen LogP contribution in [0, 0.1) is 0 Å². The number of aromatic nitrogens is 2. The van der Waals surface area contributed by atoms with Gasteiger partial charge in [0.25, 0.3) is 0 Å². The van der Waals surface area contributed by atoms with E-state index in [1.807, 2.05) is 13.8 Å². The van der Waals surface area contributed by atoms with Crippen molar-refractivity contribution in [3.8, 4) is 0 Å². The van der Waals surface area contributed by atoms with Gasteiger partial charge >= 0.3 is 18.0 Å². The fourth-order valence-corrected chi connectivity index (χ4v) is 8.39. The van der Waals surface area contributed by atoms with E-state index in [1.165, 1.54) is 11.8 Å². The number of hydrogen-bond acceptors (Lipinski definition) is 8. The highest BCUT2D eigenvalue weighted by molar-refractivity contribution is 7.99. The number of morpholine rings is 1. The molecule has 0 aliphatic carbocycles. The van der Waals surface area contributed by atoms with Crippen LogP contribution in [0.5, 0.6) is 0 Å². The number of nitrogens with zero attached hydrogens (tertiary/aromatic N) is 5. The van der Waals surface area contributed by atoms with E-state index in [-0.39, 0.29) is 59.5 Å². The zero-order valence-corrected chi connectivity index (χ0v) is 25.8. The monoisotopic (exact) mass is 629 g/mol. The Morgan fingerprint density at radius 1 is 1.19 bits per heavy atom. The number of carbonyl (C=O) groups is 1. The number of piperazine rings is 1. The number of benzene rings is 1. The van der Waals surface area contributed by atoms with E-state index in [4.69, 9.17) is 21.1 Å². The molecule has 0 radical (unpaired) electrons. The van der Waals surface area contributed by atoms with E-state index in [0.29, 0.717) is 24.4 Å². The molecule has 6 rings (SSSR count). The highest BCUT2D eigenvalue weighted by Gasteiger charge is 2.43. The molecule has 2 aromatic rings. The summed E-state index contributed by atoms with van der Waals surface area (Å²) in [6.07, 6.45) is -4.02. The summed E-state index contributed by atoms with van der Waals surface area (Å²) in [5, 5.41) is -0.163. The molecule has 2 bridgehead atoms. The minimum Gasteiger partial charge on any atom is -0.444 e. The summed E-state index contributed by atoms with van der Waals surface area (Å²) >= 11 is 7.68. The van der Waals surface area contributed by atoms with Crippen LogP contribution in [-0.4, -0.2) is 93.8 Å². The zero-order chi connectivity index (χ0) is 30.3. The van der Waals surface area contributed by atoms with Gasteiger partial charge < -0.3 is 14.4 Å². The van der Waals surface area contributed by atoms with Crippen LogP contribution in [0.4, 0.5) is 23.8 Å². The molecule has 0 saturated carbocycles. The molecule has 1 aromatic heterocycles. The number of alkyl halides is 3. The van der Waals surface area contributed by atoms with Crippen LogP contribution >= 0.6 is 23.4 Å². The molecule has 0 spiro atoms. The Bertz CT molecular complexity index is 1470. The lowest BCUT2D eigenvalue weighted by atomic mass is 10.1. The van der Waals surface area contributed by atoms with Gasteiger partial charge in [0, 0.05) is 43.4 Å². The lowest BCUT2D eigenvalue weighted by Crippen LogP contribution is -2.60. The van der Waals surface area contributed by atoms with Crippen LogP contribution in [0.2, 0.25) is 5.02 Å². The number of hydrogen-bond donors (Lipinski definition) is 0. The topological polar surface area (TPSA) is 80.1 Å². The van der Waals surface area contributed by atoms with Gasteiger partial charge in [-0.3, -0.25) is 14.4 Å². The Balaban J connectivity index is 1.42. The molecular weight excluding hydrogens is 595 g/mol. The van der Waals surface area contributed by atoms with Crippen molar-refractivity contribution < 1.29 is 27.4 Å². The number of carbonyl (C=O) groups excluding carboxylic acids is 1. The normalized spacial score (nSPS) is 28.2. The van der Waals surface area contributed by atoms with E-state index >= 15 is 0 Å². The van der Waals surface area contributed by atoms with Gasteiger partial charge in [-0.15, -0.1) is 11.8 Å². The average molecular weight is 630 g/mol. The highest BCUT2D eigenvalue weighted by atomic mass is 35.5. The first-order chi connectivity index (χ1) is 19.6. The Morgan fingerprint density at radius 3 is 2.45 bits per heavy atom. The number of thioether (sulfide) groups is 1. The molecule has 0 unspecified atom stereocenters. The van der Waals surface area contributed by atoms with Gasteiger partial charge in [0.15, 0.2) is 0 Å². The predicted molar refractivity (Wildman–Crippen MR) is 155 cm³/mol. The van der Waals surface area contributed by atoms with Crippen LogP contribution in [-0.2, 0) is 15.7 Å². The molecule has 4 aliphatic heterocycles. The van der Waals surface area contributed by atoms with Crippen molar-refractivity contribution in [2.75, 3.05) is 43.4 Å². The molecule has 5 atom stereocenters. The van der Waals surface area contributed by atoms with Crippen LogP contribution < -0.4 is 10.6 Å². The van der Waals surface area contributed by atoms with Gasteiger partial charge in [0.2, 0.25) is 0 Å². The Labute approximate surface area is 251 Å². The maximum Gasteiger partial charge on any atom is 0.417 e. The van der Waals surface area contributed by atoms with Crippen molar-refractivity contribution in [2.45, 2.75) is 88.0 Å². The van der Waals surface area contributed by atoms with Crippen LogP contribution in [0.15, 0.2) is 15.8 Å². The van der Waals surface area contributed by atoms with Gasteiger partial charge in [-0.05, 0) is 47.1 Å². The van der Waals surface area contributed by atoms with Crippen molar-refractivity contribution in [3.63, 3.8) is 0 Å². The molecule has 4 aliphatic rings. The SMILES string of the molecule is C[C@@H]1CN(c2nc(=O)n3c4c(c(Cl)c(C(F)(F)F)cc24)SC[C@@H]3CN2C[C@@H]3C[C@H]2CO3)C[C@H](C)N1C(=O)OC(C)(C)C. The summed E-state index contributed by atoms with van der Waals surface area (Å²) in [6, 6.07) is 0.330. The van der Waals surface area contributed by atoms with E-state index < -0.39 is 34.1 Å². The molecule has 230 valence electrons. The number of ether oxygens (including phenoxy) is 2. The minimum absolute atomic E-state index is 0.173. The van der Waals surface area contributed by atoms with Crippen molar-refractivity contribution in [1.29, 1.82) is 0 Å². The smallest absolute Gasteiger partial charge is 0.417 e. The minimum atomic E-state index is -4.69. The van der Waals surface area contributed by atoms with Crippen LogP contribution in [0.25, 0.3) is 10.9 Å². The van der Waals surface area contributed by atoms with Crippen molar-refractivity contribution in [1.82, 2.24) is 19.4 Å². The molecule has 1 amide bonds. The number of rotatable bonds is 3. The summed E-state index contributed by atoms with van der Waals surface area (Å²) < 4.78 is 55.5. The summed E-state index contributed by atoms with van der Waals surface area (Å²) in [4.78, 5) is 37.2. The van der Waals surface area contributed by atoms with E-state index in [9.17, 15) is 22.8 Å². The summed E-state index contributed by atoms with van der Waals surface area (Å²) in [5.41, 5.74) is -1.76. The first kappa shape index (κ1) is 29.8. The molecule has 3 fully saturated rings. The van der Waals surface area contributed by atoms with E-state index in [0.717, 1.165) is 19.0 Å². The van der Waals surface area contributed by atoms with Crippen LogP contribution in [0.3, 0.4) is 0 Å². The molecule has 3 saturated heterocycles. The third-order valence-corrected chi connectivity index (χ3v) is 10.2. The third kappa shape index (κ3) is 5.24. The lowest BCUT2D eigenvalue weighted by Gasteiger charge is -2.45. The molecule has 9 nitrogen and oxygen atoms in total. The first-order valence-corrected chi connectivity index (χ1v) is 15.6. The second-order valence-electron chi connectivity index (χ2n) is 12.8. The number of likely N-dealkylation sites (tertiary alicyclic amines) is 1. The van der Waals surface area contributed by atoms with E-state index in [1.54, 1.807) is 35.1 Å². The zero-order valence-electron chi connectivity index (χ0n) is 24.2. The Hall–Kier alpha value is -2.22. The Kier molecular flexibility index (Phi) is 7.42. The average Bonchev–Trinajstić information content (AvgIpc) is 3.48. The largest absolute Gasteiger partial charge is 0.444 e. The third-order valence-electron chi connectivity index (χ3n) is 8.46. The number of anilines is 1. The quantitative estimate of drug-likeness (QED) is 0.468. The molecule has 14 heteroatoms. The van der Waals surface area contributed by atoms with Gasteiger partial charge in [-0.1, -0.05) is 11.6 Å². The molecule has 1 aromatic carbocycles.